The summed E-state index contributed by atoms with van der Waals surface area (Å²) in [6.07, 6.45) is 0. The number of hydrogen-bond donors (Lipinski definition) is 1. The molecule has 2 heterocycles. The predicted octanol–water partition coefficient (Wildman–Crippen LogP) is 4.39. The second-order valence-corrected chi connectivity index (χ2v) is 9.08. The summed E-state index contributed by atoms with van der Waals surface area (Å²) in [5.74, 6) is -0.115. The molecule has 8 nitrogen and oxygen atoms in total. The largest absolute Gasteiger partial charge is 0.497 e. The predicted molar refractivity (Wildman–Crippen MR) is 121 cm³/mol. The monoisotopic (exact) mass is 454 g/mol. The lowest BCUT2D eigenvalue weighted by atomic mass is 10.1. The second-order valence-electron chi connectivity index (χ2n) is 7.14. The lowest BCUT2D eigenvalue weighted by Crippen LogP contribution is -2.30. The number of pyridine rings is 1. The van der Waals surface area contributed by atoms with Gasteiger partial charge in [0.1, 0.15) is 17.0 Å². The molecule has 9 heteroatoms. The Bertz CT molecular complexity index is 1440. The van der Waals surface area contributed by atoms with Crippen LogP contribution >= 0.6 is 0 Å². The van der Waals surface area contributed by atoms with Gasteiger partial charge in [0.25, 0.3) is 0 Å². The Balaban J connectivity index is 1.88. The van der Waals surface area contributed by atoms with Crippen molar-refractivity contribution in [3.8, 4) is 17.2 Å². The van der Waals surface area contributed by atoms with Gasteiger partial charge >= 0.3 is 5.97 Å². The molecule has 0 saturated carbocycles. The molecule has 0 atom stereocenters. The van der Waals surface area contributed by atoms with E-state index in [0.717, 1.165) is 5.39 Å². The molecule has 0 fully saturated rings. The van der Waals surface area contributed by atoms with Gasteiger partial charge in [-0.3, -0.25) is 0 Å². The quantitative estimate of drug-likeness (QED) is 0.441. The zero-order valence-corrected chi connectivity index (χ0v) is 18.6. The Hall–Kier alpha value is -3.43. The van der Waals surface area contributed by atoms with Gasteiger partial charge in [0.2, 0.25) is 10.0 Å². The Labute approximate surface area is 185 Å². The number of methoxy groups -OCH3 is 1. The van der Waals surface area contributed by atoms with Crippen molar-refractivity contribution < 1.29 is 27.5 Å². The number of nitrogens with zero attached hydrogens (tertiary/aromatic N) is 2. The van der Waals surface area contributed by atoms with Crippen LogP contribution in [0.5, 0.6) is 5.75 Å². The molecular formula is C23H22N2O6S. The van der Waals surface area contributed by atoms with Crippen molar-refractivity contribution in [2.75, 3.05) is 20.2 Å². The summed E-state index contributed by atoms with van der Waals surface area (Å²) in [5.41, 5.74) is 1.25. The normalized spacial score (nSPS) is 12.0. The highest BCUT2D eigenvalue weighted by Gasteiger charge is 2.24. The molecule has 4 rings (SSSR count). The van der Waals surface area contributed by atoms with E-state index < -0.39 is 16.0 Å². The van der Waals surface area contributed by atoms with Crippen LogP contribution in [0.3, 0.4) is 0 Å². The minimum absolute atomic E-state index is 0.0292. The number of benzene rings is 2. The standard InChI is InChI=1S/C23H22N2O6S/c1-4-25(5-2)32(28,29)16-7-8-19-17(12-16)18(23(26)27)13-20(24-19)22-11-14-10-15(30-3)6-9-21(14)31-22/h6-13H,4-5H2,1-3H3,(H,26,27). The highest BCUT2D eigenvalue weighted by Crippen LogP contribution is 2.32. The number of fused-ring (bicyclic) bond motifs is 2. The van der Waals surface area contributed by atoms with Crippen molar-refractivity contribution in [2.45, 2.75) is 18.7 Å². The van der Waals surface area contributed by atoms with Gasteiger partial charge in [-0.15, -0.1) is 0 Å². The van der Waals surface area contributed by atoms with Crippen LogP contribution in [-0.4, -0.2) is 49.0 Å². The van der Waals surface area contributed by atoms with Gasteiger partial charge in [0.05, 0.1) is 23.1 Å². The van der Waals surface area contributed by atoms with Crippen LogP contribution in [0.2, 0.25) is 0 Å². The van der Waals surface area contributed by atoms with Crippen LogP contribution in [0.25, 0.3) is 33.3 Å². The fourth-order valence-electron chi connectivity index (χ4n) is 3.66. The van der Waals surface area contributed by atoms with Gasteiger partial charge in [0.15, 0.2) is 5.76 Å². The highest BCUT2D eigenvalue weighted by atomic mass is 32.2. The van der Waals surface area contributed by atoms with Crippen molar-refractivity contribution in [2.24, 2.45) is 0 Å². The lowest BCUT2D eigenvalue weighted by molar-refractivity contribution is 0.0699. The third-order valence-corrected chi connectivity index (χ3v) is 7.38. The maximum atomic E-state index is 12.9. The van der Waals surface area contributed by atoms with E-state index in [1.807, 2.05) is 6.07 Å². The number of furan rings is 1. The number of rotatable bonds is 7. The van der Waals surface area contributed by atoms with E-state index in [0.29, 0.717) is 41.4 Å². The lowest BCUT2D eigenvalue weighted by Gasteiger charge is -2.18. The van der Waals surface area contributed by atoms with Crippen LogP contribution in [0, 0.1) is 0 Å². The molecule has 32 heavy (non-hydrogen) atoms. The number of aromatic carboxylic acids is 1. The maximum Gasteiger partial charge on any atom is 0.336 e. The highest BCUT2D eigenvalue weighted by molar-refractivity contribution is 7.89. The van der Waals surface area contributed by atoms with E-state index in [1.165, 1.54) is 28.6 Å². The van der Waals surface area contributed by atoms with E-state index >= 15 is 0 Å². The summed E-state index contributed by atoms with van der Waals surface area (Å²) in [4.78, 5) is 16.6. The summed E-state index contributed by atoms with van der Waals surface area (Å²) in [6, 6.07) is 12.8. The minimum atomic E-state index is -3.74. The molecule has 0 spiro atoms. The summed E-state index contributed by atoms with van der Waals surface area (Å²) < 4.78 is 38.2. The van der Waals surface area contributed by atoms with E-state index in [-0.39, 0.29) is 15.8 Å². The van der Waals surface area contributed by atoms with Crippen molar-refractivity contribution in [1.82, 2.24) is 9.29 Å². The molecule has 1 N–H and O–H groups in total. The summed E-state index contributed by atoms with van der Waals surface area (Å²) >= 11 is 0. The molecule has 0 aliphatic rings. The van der Waals surface area contributed by atoms with Crippen LogP contribution < -0.4 is 4.74 Å². The van der Waals surface area contributed by atoms with Gasteiger partial charge in [0, 0.05) is 23.9 Å². The molecule has 0 radical (unpaired) electrons. The first kappa shape index (κ1) is 21.8. The third kappa shape index (κ3) is 3.69. The topological polar surface area (TPSA) is 110 Å². The number of sulfonamides is 1. The average molecular weight is 455 g/mol. The third-order valence-electron chi connectivity index (χ3n) is 5.33. The fourth-order valence-corrected chi connectivity index (χ4v) is 5.14. The van der Waals surface area contributed by atoms with E-state index in [2.05, 4.69) is 4.98 Å². The molecule has 166 valence electrons. The van der Waals surface area contributed by atoms with Crippen molar-refractivity contribution in [3.63, 3.8) is 0 Å². The number of hydrogen-bond acceptors (Lipinski definition) is 6. The number of carbonyl (C=O) groups is 1. The zero-order valence-electron chi connectivity index (χ0n) is 17.8. The Morgan fingerprint density at radius 1 is 1.09 bits per heavy atom. The van der Waals surface area contributed by atoms with Gasteiger partial charge in [-0.25, -0.2) is 18.2 Å². The van der Waals surface area contributed by atoms with Crippen LogP contribution in [0.4, 0.5) is 0 Å². The Morgan fingerprint density at radius 2 is 1.84 bits per heavy atom. The first-order chi connectivity index (χ1) is 15.3. The molecule has 4 aromatic rings. The second kappa shape index (κ2) is 8.25. The van der Waals surface area contributed by atoms with Gasteiger partial charge in [-0.05, 0) is 48.5 Å². The molecule has 0 aliphatic heterocycles. The molecule has 2 aromatic carbocycles. The zero-order chi connectivity index (χ0) is 23.0. The summed E-state index contributed by atoms with van der Waals surface area (Å²) in [5, 5.41) is 10.9. The number of ether oxygens (including phenoxy) is 1. The molecule has 0 saturated heterocycles. The maximum absolute atomic E-state index is 12.9. The van der Waals surface area contributed by atoms with Crippen molar-refractivity contribution in [1.29, 1.82) is 0 Å². The number of carboxylic acids is 1. The van der Waals surface area contributed by atoms with E-state index in [4.69, 9.17) is 9.15 Å². The molecule has 0 aliphatic carbocycles. The molecule has 0 unspecified atom stereocenters. The van der Waals surface area contributed by atoms with Crippen LogP contribution in [-0.2, 0) is 10.0 Å². The summed E-state index contributed by atoms with van der Waals surface area (Å²) in [6.45, 7) is 4.14. The number of aromatic nitrogens is 1. The van der Waals surface area contributed by atoms with Gasteiger partial charge < -0.3 is 14.3 Å². The first-order valence-electron chi connectivity index (χ1n) is 10.0. The van der Waals surface area contributed by atoms with Gasteiger partial charge in [-0.1, -0.05) is 13.8 Å². The molecular weight excluding hydrogens is 432 g/mol. The van der Waals surface area contributed by atoms with Crippen LogP contribution in [0.1, 0.15) is 24.2 Å². The summed E-state index contributed by atoms with van der Waals surface area (Å²) in [7, 11) is -2.17. The Kier molecular flexibility index (Phi) is 5.62. The number of carboxylic acid groups (broad SMARTS) is 1. The minimum Gasteiger partial charge on any atom is -0.497 e. The smallest absolute Gasteiger partial charge is 0.336 e. The molecule has 0 amide bonds. The van der Waals surface area contributed by atoms with Crippen molar-refractivity contribution >= 4 is 37.9 Å². The van der Waals surface area contributed by atoms with E-state index in [1.54, 1.807) is 39.2 Å². The average Bonchev–Trinajstić information content (AvgIpc) is 3.21. The van der Waals surface area contributed by atoms with Gasteiger partial charge in [-0.2, -0.15) is 4.31 Å². The SMILES string of the molecule is CCN(CC)S(=O)(=O)c1ccc2nc(-c3cc4cc(OC)ccc4o3)cc(C(=O)O)c2c1. The first-order valence-corrected chi connectivity index (χ1v) is 11.5. The van der Waals surface area contributed by atoms with E-state index in [9.17, 15) is 18.3 Å². The molecule has 0 bridgehead atoms. The molecule has 2 aromatic heterocycles. The Morgan fingerprint density at radius 3 is 2.50 bits per heavy atom. The van der Waals surface area contributed by atoms with Crippen molar-refractivity contribution in [3.05, 3.63) is 54.1 Å². The fraction of sp³-hybridized carbons (Fsp3) is 0.217. The van der Waals surface area contributed by atoms with Crippen LogP contribution in [0.15, 0.2) is 57.8 Å².